The Morgan fingerprint density at radius 1 is 1.23 bits per heavy atom. The average Bonchev–Trinajstić information content (AvgIpc) is 3.37. The molecule has 0 saturated carbocycles. The largest absolute Gasteiger partial charge is 0.417 e. The van der Waals surface area contributed by atoms with Crippen LogP contribution in [-0.4, -0.2) is 56.6 Å². The molecule has 3 aromatic rings. The normalized spacial score (nSPS) is 17.8. The number of H-pyrrole nitrogens is 2. The number of alkyl halides is 3. The molecule has 0 spiro atoms. The van der Waals surface area contributed by atoms with Crippen LogP contribution in [0.25, 0.3) is 11.4 Å². The van der Waals surface area contributed by atoms with Gasteiger partial charge in [-0.2, -0.15) is 18.3 Å². The first-order chi connectivity index (χ1) is 14.7. The fourth-order valence-electron chi connectivity index (χ4n) is 3.83. The number of rotatable bonds is 5. The number of nitrogens with two attached hydrogens (primary N) is 1. The molecule has 11 heteroatoms. The molecule has 1 aliphatic heterocycles. The standard InChI is InChI=1S/C20H22F3N7O/c1-12-10-29(6-7-30(12)17-5-2-14(9-25-17)20(21,22)23)11-13-8-26-28-18(13)15-3-4-16(27-15)19(24)31/h2-5,8-9,12,27H,6-7,10-11H2,1H3,(H2,24,31)(H,26,28). The van der Waals surface area contributed by atoms with E-state index in [1.54, 1.807) is 18.3 Å². The van der Waals surface area contributed by atoms with Gasteiger partial charge in [0, 0.05) is 44.0 Å². The molecule has 1 saturated heterocycles. The van der Waals surface area contributed by atoms with Gasteiger partial charge in [0.25, 0.3) is 5.91 Å². The molecule has 4 rings (SSSR count). The van der Waals surface area contributed by atoms with Gasteiger partial charge in [-0.1, -0.05) is 0 Å². The van der Waals surface area contributed by atoms with E-state index in [9.17, 15) is 18.0 Å². The molecular formula is C20H22F3N7O. The maximum atomic E-state index is 12.8. The number of aromatic amines is 2. The Kier molecular flexibility index (Phi) is 5.44. The second-order valence-corrected chi connectivity index (χ2v) is 7.60. The third kappa shape index (κ3) is 4.41. The number of carbonyl (C=O) groups is 1. The van der Waals surface area contributed by atoms with Crippen molar-refractivity contribution in [2.45, 2.75) is 25.7 Å². The van der Waals surface area contributed by atoms with E-state index in [0.717, 1.165) is 35.8 Å². The van der Waals surface area contributed by atoms with Crippen molar-refractivity contribution in [2.24, 2.45) is 5.73 Å². The van der Waals surface area contributed by atoms with Crippen molar-refractivity contribution in [1.29, 1.82) is 0 Å². The van der Waals surface area contributed by atoms with Crippen LogP contribution in [0.4, 0.5) is 19.0 Å². The van der Waals surface area contributed by atoms with Crippen molar-refractivity contribution in [3.8, 4) is 11.4 Å². The van der Waals surface area contributed by atoms with E-state index < -0.39 is 17.6 Å². The lowest BCUT2D eigenvalue weighted by Gasteiger charge is -2.40. The van der Waals surface area contributed by atoms with Gasteiger partial charge in [-0.05, 0) is 31.2 Å². The van der Waals surface area contributed by atoms with Crippen molar-refractivity contribution in [1.82, 2.24) is 25.1 Å². The van der Waals surface area contributed by atoms with Crippen LogP contribution in [0.1, 0.15) is 28.5 Å². The lowest BCUT2D eigenvalue weighted by atomic mass is 10.1. The molecule has 0 bridgehead atoms. The van der Waals surface area contributed by atoms with Crippen molar-refractivity contribution in [3.05, 3.63) is 53.5 Å². The van der Waals surface area contributed by atoms with Gasteiger partial charge in [-0.15, -0.1) is 0 Å². The van der Waals surface area contributed by atoms with Crippen LogP contribution in [0.2, 0.25) is 0 Å². The molecule has 3 aromatic heterocycles. The number of piperazine rings is 1. The summed E-state index contributed by atoms with van der Waals surface area (Å²) in [5, 5.41) is 7.08. The van der Waals surface area contributed by atoms with Crippen molar-refractivity contribution >= 4 is 11.7 Å². The number of halogens is 3. The van der Waals surface area contributed by atoms with Crippen LogP contribution in [0, 0.1) is 0 Å². The number of amides is 1. The summed E-state index contributed by atoms with van der Waals surface area (Å²) in [6.45, 7) is 4.72. The van der Waals surface area contributed by atoms with E-state index in [1.165, 1.54) is 6.07 Å². The van der Waals surface area contributed by atoms with Gasteiger partial charge in [0.2, 0.25) is 0 Å². The Balaban J connectivity index is 1.42. The average molecular weight is 433 g/mol. The van der Waals surface area contributed by atoms with Gasteiger partial charge in [-0.25, -0.2) is 4.98 Å². The van der Waals surface area contributed by atoms with Crippen LogP contribution >= 0.6 is 0 Å². The molecule has 164 valence electrons. The van der Waals surface area contributed by atoms with Crippen molar-refractivity contribution in [2.75, 3.05) is 24.5 Å². The minimum Gasteiger partial charge on any atom is -0.364 e. The topological polar surface area (TPSA) is 107 Å². The fourth-order valence-corrected chi connectivity index (χ4v) is 3.83. The summed E-state index contributed by atoms with van der Waals surface area (Å²) < 4.78 is 38.3. The number of primary amides is 1. The summed E-state index contributed by atoms with van der Waals surface area (Å²) in [5.41, 5.74) is 7.35. The SMILES string of the molecule is CC1CN(Cc2cn[nH]c2-c2ccc(C(N)=O)[nH]2)CCN1c1ccc(C(F)(F)F)cn1. The number of hydrogen-bond donors (Lipinski definition) is 3. The molecule has 0 radical (unpaired) electrons. The zero-order chi connectivity index (χ0) is 22.2. The van der Waals surface area contributed by atoms with Gasteiger partial charge < -0.3 is 15.6 Å². The van der Waals surface area contributed by atoms with Crippen LogP contribution in [0.5, 0.6) is 0 Å². The molecule has 0 aliphatic carbocycles. The summed E-state index contributed by atoms with van der Waals surface area (Å²) in [5.74, 6) is 0.00338. The number of anilines is 1. The first-order valence-electron chi connectivity index (χ1n) is 9.76. The summed E-state index contributed by atoms with van der Waals surface area (Å²) in [6, 6.07) is 5.95. The van der Waals surface area contributed by atoms with E-state index >= 15 is 0 Å². The first-order valence-corrected chi connectivity index (χ1v) is 9.76. The van der Waals surface area contributed by atoms with Gasteiger partial charge in [-0.3, -0.25) is 14.8 Å². The van der Waals surface area contributed by atoms with E-state index in [1.807, 2.05) is 11.8 Å². The summed E-state index contributed by atoms with van der Waals surface area (Å²) in [6.07, 6.45) is -1.77. The summed E-state index contributed by atoms with van der Waals surface area (Å²) in [4.78, 5) is 22.6. The third-order valence-electron chi connectivity index (χ3n) is 5.41. The van der Waals surface area contributed by atoms with Gasteiger partial charge >= 0.3 is 6.18 Å². The monoisotopic (exact) mass is 433 g/mol. The second-order valence-electron chi connectivity index (χ2n) is 7.60. The molecule has 4 N–H and O–H groups in total. The van der Waals surface area contributed by atoms with E-state index in [4.69, 9.17) is 5.73 Å². The zero-order valence-electron chi connectivity index (χ0n) is 16.8. The molecule has 31 heavy (non-hydrogen) atoms. The van der Waals surface area contributed by atoms with E-state index in [2.05, 4.69) is 25.1 Å². The Hall–Kier alpha value is -3.34. The lowest BCUT2D eigenvalue weighted by molar-refractivity contribution is -0.137. The Morgan fingerprint density at radius 3 is 2.65 bits per heavy atom. The molecule has 1 unspecified atom stereocenters. The molecule has 1 fully saturated rings. The maximum Gasteiger partial charge on any atom is 0.417 e. The van der Waals surface area contributed by atoms with Gasteiger partial charge in [0.05, 0.1) is 23.1 Å². The van der Waals surface area contributed by atoms with Crippen LogP contribution in [0.3, 0.4) is 0 Å². The molecule has 1 aliphatic rings. The Bertz CT molecular complexity index is 1060. The summed E-state index contributed by atoms with van der Waals surface area (Å²) in [7, 11) is 0. The molecule has 0 aromatic carbocycles. The second kappa shape index (κ2) is 8.06. The third-order valence-corrected chi connectivity index (χ3v) is 5.41. The van der Waals surface area contributed by atoms with Crippen LogP contribution < -0.4 is 10.6 Å². The van der Waals surface area contributed by atoms with Crippen LogP contribution in [0.15, 0.2) is 36.7 Å². The van der Waals surface area contributed by atoms with Gasteiger partial charge in [0.1, 0.15) is 11.5 Å². The van der Waals surface area contributed by atoms with Crippen LogP contribution in [-0.2, 0) is 12.7 Å². The van der Waals surface area contributed by atoms with Crippen molar-refractivity contribution in [3.63, 3.8) is 0 Å². The number of nitrogens with zero attached hydrogens (tertiary/aromatic N) is 4. The summed E-state index contributed by atoms with van der Waals surface area (Å²) >= 11 is 0. The highest BCUT2D eigenvalue weighted by molar-refractivity contribution is 5.91. The molecule has 1 atom stereocenters. The Labute approximate surface area is 176 Å². The number of carbonyl (C=O) groups excluding carboxylic acids is 1. The molecule has 4 heterocycles. The number of nitrogens with one attached hydrogen (secondary N) is 2. The molecule has 1 amide bonds. The fraction of sp³-hybridized carbons (Fsp3) is 0.350. The maximum absolute atomic E-state index is 12.8. The minimum atomic E-state index is -4.39. The molecule has 8 nitrogen and oxygen atoms in total. The van der Waals surface area contributed by atoms with Gasteiger partial charge in [0.15, 0.2) is 0 Å². The first kappa shape index (κ1) is 20.9. The smallest absolute Gasteiger partial charge is 0.364 e. The lowest BCUT2D eigenvalue weighted by Crippen LogP contribution is -2.51. The minimum absolute atomic E-state index is 0.0697. The zero-order valence-corrected chi connectivity index (χ0v) is 16.8. The molecular weight excluding hydrogens is 411 g/mol. The highest BCUT2D eigenvalue weighted by Gasteiger charge is 2.32. The predicted molar refractivity (Wildman–Crippen MR) is 108 cm³/mol. The van der Waals surface area contributed by atoms with Crippen molar-refractivity contribution < 1.29 is 18.0 Å². The van der Waals surface area contributed by atoms with E-state index in [-0.39, 0.29) is 6.04 Å². The predicted octanol–water partition coefficient (Wildman–Crippen LogP) is 2.63. The number of hydrogen-bond acceptors (Lipinski definition) is 5. The number of pyridine rings is 1. The quantitative estimate of drug-likeness (QED) is 0.574. The highest BCUT2D eigenvalue weighted by Crippen LogP contribution is 2.30. The highest BCUT2D eigenvalue weighted by atomic mass is 19.4. The van der Waals surface area contributed by atoms with E-state index in [0.29, 0.717) is 31.1 Å². The Morgan fingerprint density at radius 2 is 2.03 bits per heavy atom. The number of aromatic nitrogens is 4.